The topological polar surface area (TPSA) is 107 Å². The molecule has 154 valence electrons. The van der Waals surface area contributed by atoms with Crippen LogP contribution in [0.15, 0.2) is 22.0 Å². The molecule has 0 bridgehead atoms. The summed E-state index contributed by atoms with van der Waals surface area (Å²) in [5.41, 5.74) is -1.21. The maximum absolute atomic E-state index is 12.0. The first-order valence-corrected chi connectivity index (χ1v) is 9.06. The molecule has 1 amide bonds. The Morgan fingerprint density at radius 3 is 2.21 bits per heavy atom. The molecule has 2 N–H and O–H groups in total. The lowest BCUT2D eigenvalue weighted by molar-refractivity contribution is 0.00578. The zero-order valence-corrected chi connectivity index (χ0v) is 17.4. The van der Waals surface area contributed by atoms with Crippen molar-refractivity contribution in [3.63, 3.8) is 0 Å². The van der Waals surface area contributed by atoms with Gasteiger partial charge >= 0.3 is 19.2 Å². The molecule has 9 heteroatoms. The molecule has 2 rings (SSSR count). The van der Waals surface area contributed by atoms with Crippen LogP contribution in [0.3, 0.4) is 0 Å². The van der Waals surface area contributed by atoms with Gasteiger partial charge < -0.3 is 28.9 Å². The summed E-state index contributed by atoms with van der Waals surface area (Å²) in [6.45, 7) is 13.1. The van der Waals surface area contributed by atoms with Gasteiger partial charge in [-0.25, -0.2) is 9.59 Å². The number of hydrogen-bond donors (Lipinski definition) is 2. The smallest absolute Gasteiger partial charge is 0.475 e. The maximum Gasteiger partial charge on any atom is 0.492 e. The third-order valence-corrected chi connectivity index (χ3v) is 4.56. The zero-order chi connectivity index (χ0) is 21.3. The predicted molar refractivity (Wildman–Crippen MR) is 104 cm³/mol. The van der Waals surface area contributed by atoms with Crippen LogP contribution in [0.2, 0.25) is 0 Å². The number of hydrogen-bond acceptors (Lipinski definition) is 6. The quantitative estimate of drug-likeness (QED) is 0.737. The first kappa shape index (κ1) is 22.0. The predicted octanol–water partition coefficient (Wildman–Crippen LogP) is 3.52. The van der Waals surface area contributed by atoms with E-state index in [1.54, 1.807) is 26.8 Å². The summed E-state index contributed by atoms with van der Waals surface area (Å²) in [5, 5.41) is 11.7. The molecule has 0 unspecified atom stereocenters. The maximum atomic E-state index is 12.0. The third kappa shape index (κ3) is 5.39. The fourth-order valence-electron chi connectivity index (χ4n) is 2.41. The van der Waals surface area contributed by atoms with Crippen LogP contribution in [0.5, 0.6) is 0 Å². The number of carbonyl (C=O) groups is 2. The van der Waals surface area contributed by atoms with E-state index >= 15 is 0 Å². The number of alkyl carbamates (subject to hydrolysis) is 1. The number of furan rings is 1. The lowest BCUT2D eigenvalue weighted by Crippen LogP contribution is -2.41. The molecule has 2 heterocycles. The highest BCUT2D eigenvalue weighted by atomic mass is 16.7. The Bertz CT molecular complexity index is 757. The van der Waals surface area contributed by atoms with Gasteiger partial charge in [-0.05, 0) is 72.1 Å². The van der Waals surface area contributed by atoms with E-state index in [0.29, 0.717) is 11.2 Å². The molecule has 0 atom stereocenters. The highest BCUT2D eigenvalue weighted by Crippen LogP contribution is 2.38. The van der Waals surface area contributed by atoms with Gasteiger partial charge in [0.25, 0.3) is 0 Å². The fraction of sp³-hybridized carbons (Fsp3) is 0.579. The third-order valence-electron chi connectivity index (χ3n) is 4.56. The average Bonchev–Trinajstić information content (AvgIpc) is 3.04. The molecule has 0 saturated carbocycles. The minimum absolute atomic E-state index is 0.0782. The Morgan fingerprint density at radius 2 is 1.75 bits per heavy atom. The second-order valence-electron chi connectivity index (χ2n) is 8.67. The molecular formula is C19H28BNO7. The standard InChI is InChI=1S/C19H28BNO7/c1-17(2,3)26-16(24)21-11-12(10-13-8-9-14(25-13)15(22)23)20-27-18(4,5)19(6,7)28-20/h8-10H,11H2,1-7H3,(H,21,24)(H,22,23). The number of amides is 1. The second kappa shape index (κ2) is 7.64. The summed E-state index contributed by atoms with van der Waals surface area (Å²) >= 11 is 0. The van der Waals surface area contributed by atoms with Crippen LogP contribution in [-0.2, 0) is 14.0 Å². The van der Waals surface area contributed by atoms with Crippen LogP contribution in [-0.4, -0.2) is 47.6 Å². The molecule has 0 radical (unpaired) electrons. The first-order chi connectivity index (χ1) is 12.7. The van der Waals surface area contributed by atoms with Gasteiger partial charge in [-0.1, -0.05) is 0 Å². The monoisotopic (exact) mass is 393 g/mol. The Kier molecular flexibility index (Phi) is 6.01. The number of carboxylic acid groups (broad SMARTS) is 1. The Morgan fingerprint density at radius 1 is 1.18 bits per heavy atom. The van der Waals surface area contributed by atoms with Crippen molar-refractivity contribution in [2.45, 2.75) is 65.3 Å². The molecule has 0 spiro atoms. The van der Waals surface area contributed by atoms with Crippen LogP contribution >= 0.6 is 0 Å². The van der Waals surface area contributed by atoms with Gasteiger partial charge in [0.1, 0.15) is 11.4 Å². The van der Waals surface area contributed by atoms with Gasteiger partial charge in [-0.15, -0.1) is 0 Å². The summed E-state index contributed by atoms with van der Waals surface area (Å²) in [5.74, 6) is -1.03. The van der Waals surface area contributed by atoms with Crippen molar-refractivity contribution in [2.24, 2.45) is 0 Å². The van der Waals surface area contributed by atoms with Crippen LogP contribution in [0.1, 0.15) is 64.8 Å². The Hall–Kier alpha value is -2.26. The largest absolute Gasteiger partial charge is 0.492 e. The number of nitrogens with one attached hydrogen (secondary N) is 1. The zero-order valence-electron chi connectivity index (χ0n) is 17.4. The van der Waals surface area contributed by atoms with E-state index in [2.05, 4.69) is 5.32 Å². The van der Waals surface area contributed by atoms with E-state index in [1.807, 2.05) is 27.7 Å². The SMILES string of the molecule is CC(C)(C)OC(=O)NCC(=Cc1ccc(C(=O)O)o1)B1OC(C)(C)C(C)(C)O1. The van der Waals surface area contributed by atoms with Crippen molar-refractivity contribution >= 4 is 25.3 Å². The first-order valence-electron chi connectivity index (χ1n) is 9.06. The Labute approximate surface area is 165 Å². The van der Waals surface area contributed by atoms with Crippen molar-refractivity contribution in [2.75, 3.05) is 6.54 Å². The van der Waals surface area contributed by atoms with E-state index in [-0.39, 0.29) is 12.3 Å². The number of carboxylic acids is 1. The van der Waals surface area contributed by atoms with Crippen LogP contribution in [0.4, 0.5) is 4.79 Å². The lowest BCUT2D eigenvalue weighted by Gasteiger charge is -2.32. The minimum atomic E-state index is -1.16. The van der Waals surface area contributed by atoms with E-state index in [1.165, 1.54) is 12.1 Å². The molecule has 1 aliphatic rings. The van der Waals surface area contributed by atoms with Crippen LogP contribution in [0, 0.1) is 0 Å². The highest BCUT2D eigenvalue weighted by molar-refractivity contribution is 6.56. The highest BCUT2D eigenvalue weighted by Gasteiger charge is 2.52. The molecular weight excluding hydrogens is 365 g/mol. The second-order valence-corrected chi connectivity index (χ2v) is 8.67. The fourth-order valence-corrected chi connectivity index (χ4v) is 2.41. The Balaban J connectivity index is 2.24. The van der Waals surface area contributed by atoms with Gasteiger partial charge in [0, 0.05) is 6.54 Å². The van der Waals surface area contributed by atoms with Crippen molar-refractivity contribution < 1.29 is 33.2 Å². The van der Waals surface area contributed by atoms with Crippen molar-refractivity contribution in [3.05, 3.63) is 29.1 Å². The molecule has 1 aromatic heterocycles. The van der Waals surface area contributed by atoms with Gasteiger partial charge in [0.15, 0.2) is 0 Å². The summed E-state index contributed by atoms with van der Waals surface area (Å²) in [7, 11) is -0.738. The minimum Gasteiger partial charge on any atom is -0.475 e. The molecule has 28 heavy (non-hydrogen) atoms. The molecule has 0 aromatic carbocycles. The van der Waals surface area contributed by atoms with Crippen molar-refractivity contribution in [1.82, 2.24) is 5.32 Å². The van der Waals surface area contributed by atoms with E-state index in [0.717, 1.165) is 0 Å². The van der Waals surface area contributed by atoms with Gasteiger partial charge in [0.05, 0.1) is 11.2 Å². The molecule has 1 saturated heterocycles. The van der Waals surface area contributed by atoms with E-state index in [9.17, 15) is 9.59 Å². The lowest BCUT2D eigenvalue weighted by atomic mass is 9.77. The molecule has 1 aromatic rings. The number of carbonyl (C=O) groups excluding carboxylic acids is 1. The van der Waals surface area contributed by atoms with Gasteiger partial charge in [-0.3, -0.25) is 0 Å². The van der Waals surface area contributed by atoms with E-state index < -0.39 is 36.0 Å². The van der Waals surface area contributed by atoms with Crippen LogP contribution < -0.4 is 5.32 Å². The van der Waals surface area contributed by atoms with Gasteiger partial charge in [-0.2, -0.15) is 0 Å². The number of ether oxygens (including phenoxy) is 1. The summed E-state index contributed by atoms with van der Waals surface area (Å²) in [4.78, 5) is 23.1. The normalized spacial score (nSPS) is 18.8. The van der Waals surface area contributed by atoms with Gasteiger partial charge in [0.2, 0.25) is 5.76 Å². The summed E-state index contributed by atoms with van der Waals surface area (Å²) in [6.07, 6.45) is 1.02. The average molecular weight is 393 g/mol. The van der Waals surface area contributed by atoms with Crippen molar-refractivity contribution in [3.8, 4) is 0 Å². The van der Waals surface area contributed by atoms with Crippen molar-refractivity contribution in [1.29, 1.82) is 0 Å². The number of aromatic carboxylic acids is 1. The van der Waals surface area contributed by atoms with Crippen LogP contribution in [0.25, 0.3) is 6.08 Å². The summed E-state index contributed by atoms with van der Waals surface area (Å²) in [6, 6.07) is 2.89. The summed E-state index contributed by atoms with van der Waals surface area (Å²) < 4.78 is 22.6. The molecule has 1 fully saturated rings. The molecule has 0 aliphatic carbocycles. The number of rotatable bonds is 5. The van der Waals surface area contributed by atoms with E-state index in [4.69, 9.17) is 23.6 Å². The molecule has 8 nitrogen and oxygen atoms in total. The molecule has 1 aliphatic heterocycles.